The predicted molar refractivity (Wildman–Crippen MR) is 127 cm³/mol. The number of nitrogens with zero attached hydrogens (tertiary/aromatic N) is 5. The van der Waals surface area contributed by atoms with Crippen molar-refractivity contribution in [1.29, 1.82) is 0 Å². The maximum absolute atomic E-state index is 12.8. The molecule has 0 aliphatic carbocycles. The summed E-state index contributed by atoms with van der Waals surface area (Å²) in [5, 5.41) is 0.584. The van der Waals surface area contributed by atoms with Crippen molar-refractivity contribution in [3.8, 4) is 11.4 Å². The monoisotopic (exact) mass is 471 g/mol. The first-order valence-corrected chi connectivity index (χ1v) is 11.4. The zero-order valence-corrected chi connectivity index (χ0v) is 20.2. The van der Waals surface area contributed by atoms with E-state index in [1.807, 2.05) is 64.3 Å². The van der Waals surface area contributed by atoms with E-state index in [0.717, 1.165) is 22.7 Å². The van der Waals surface area contributed by atoms with Crippen LogP contribution in [0, 0.1) is 0 Å². The van der Waals surface area contributed by atoms with E-state index in [1.165, 1.54) is 0 Å². The Morgan fingerprint density at radius 2 is 2.12 bits per heavy atom. The molecule has 176 valence electrons. The number of amides is 1. The molecule has 1 fully saturated rings. The Labute approximate surface area is 199 Å². The van der Waals surface area contributed by atoms with Gasteiger partial charge in [-0.2, -0.15) is 0 Å². The molecule has 4 heterocycles. The molecule has 3 aromatic heterocycles. The lowest BCUT2D eigenvalue weighted by Crippen LogP contribution is -2.54. The van der Waals surface area contributed by atoms with Gasteiger partial charge in [0.2, 0.25) is 0 Å². The Morgan fingerprint density at radius 3 is 2.85 bits per heavy atom. The van der Waals surface area contributed by atoms with Crippen LogP contribution in [0.3, 0.4) is 0 Å². The highest BCUT2D eigenvalue weighted by molar-refractivity contribution is 6.30. The third kappa shape index (κ3) is 5.63. The van der Waals surface area contributed by atoms with E-state index >= 15 is 0 Å². The maximum atomic E-state index is 12.8. The average molecular weight is 472 g/mol. The van der Waals surface area contributed by atoms with Gasteiger partial charge in [0, 0.05) is 32.0 Å². The van der Waals surface area contributed by atoms with Gasteiger partial charge in [0.25, 0.3) is 0 Å². The zero-order chi connectivity index (χ0) is 23.6. The lowest BCUT2D eigenvalue weighted by Gasteiger charge is -2.38. The van der Waals surface area contributed by atoms with Gasteiger partial charge in [0.1, 0.15) is 16.9 Å². The quantitative estimate of drug-likeness (QED) is 0.557. The molecule has 0 saturated carbocycles. The SMILES string of the molecule is CN(Cc1c(-c2ccc(Cl)cn2)nc2ccccn12)CC1COCCN1C(=O)OC(C)(C)C. The number of fused-ring (bicyclic) bond motifs is 1. The van der Waals surface area contributed by atoms with Gasteiger partial charge in [-0.25, -0.2) is 9.78 Å². The highest BCUT2D eigenvalue weighted by Gasteiger charge is 2.32. The molecule has 9 heteroatoms. The zero-order valence-electron chi connectivity index (χ0n) is 19.5. The van der Waals surface area contributed by atoms with Crippen molar-refractivity contribution in [2.45, 2.75) is 39.0 Å². The van der Waals surface area contributed by atoms with Crippen LogP contribution >= 0.6 is 11.6 Å². The third-order valence-electron chi connectivity index (χ3n) is 5.40. The van der Waals surface area contributed by atoms with Gasteiger partial charge in [-0.05, 0) is 52.1 Å². The smallest absolute Gasteiger partial charge is 0.410 e. The van der Waals surface area contributed by atoms with Gasteiger partial charge < -0.3 is 13.9 Å². The summed E-state index contributed by atoms with van der Waals surface area (Å²) in [4.78, 5) is 26.0. The largest absolute Gasteiger partial charge is 0.444 e. The molecule has 0 spiro atoms. The summed E-state index contributed by atoms with van der Waals surface area (Å²) in [6, 6.07) is 9.52. The molecule has 1 aliphatic rings. The maximum Gasteiger partial charge on any atom is 0.410 e. The number of halogens is 1. The fourth-order valence-corrected chi connectivity index (χ4v) is 4.08. The minimum Gasteiger partial charge on any atom is -0.444 e. The normalized spacial score (nSPS) is 17.0. The number of aromatic nitrogens is 3. The molecular formula is C24H30ClN5O3. The van der Waals surface area contributed by atoms with E-state index in [1.54, 1.807) is 11.1 Å². The number of rotatable bonds is 5. The number of morpholine rings is 1. The number of hydrogen-bond acceptors (Lipinski definition) is 6. The molecule has 33 heavy (non-hydrogen) atoms. The molecule has 0 radical (unpaired) electrons. The fraction of sp³-hybridized carbons (Fsp3) is 0.458. The van der Waals surface area contributed by atoms with Crippen molar-refractivity contribution in [1.82, 2.24) is 24.2 Å². The number of likely N-dealkylation sites (N-methyl/N-ethyl adjacent to an activating group) is 1. The van der Waals surface area contributed by atoms with Crippen LogP contribution in [0.25, 0.3) is 17.0 Å². The summed E-state index contributed by atoms with van der Waals surface area (Å²) >= 11 is 6.04. The van der Waals surface area contributed by atoms with Crippen molar-refractivity contribution in [2.24, 2.45) is 0 Å². The number of carbonyl (C=O) groups is 1. The van der Waals surface area contributed by atoms with E-state index < -0.39 is 5.60 Å². The molecule has 1 atom stereocenters. The Morgan fingerprint density at radius 1 is 1.30 bits per heavy atom. The van der Waals surface area contributed by atoms with Gasteiger partial charge in [0.15, 0.2) is 0 Å². The van der Waals surface area contributed by atoms with Crippen molar-refractivity contribution >= 4 is 23.3 Å². The fourth-order valence-electron chi connectivity index (χ4n) is 3.97. The summed E-state index contributed by atoms with van der Waals surface area (Å²) in [7, 11) is 2.03. The Kier molecular flexibility index (Phi) is 6.88. The Bertz CT molecular complexity index is 1110. The standard InChI is InChI=1S/C24H30ClN5O3/c1-24(2,3)33-23(31)29-11-12-32-16-18(29)14-28(4)15-20-22(19-9-8-17(25)13-26-19)27-21-7-5-6-10-30(20)21/h5-10,13,18H,11-12,14-16H2,1-4H3. The van der Waals surface area contributed by atoms with Crippen LogP contribution < -0.4 is 0 Å². The van der Waals surface area contributed by atoms with Crippen LogP contribution in [0.4, 0.5) is 4.79 Å². The number of hydrogen-bond donors (Lipinski definition) is 0. The molecule has 3 aromatic rings. The van der Waals surface area contributed by atoms with Crippen molar-refractivity contribution in [3.63, 3.8) is 0 Å². The van der Waals surface area contributed by atoms with Gasteiger partial charge in [0.05, 0.1) is 35.7 Å². The minimum atomic E-state index is -0.539. The first-order chi connectivity index (χ1) is 15.7. The van der Waals surface area contributed by atoms with E-state index in [2.05, 4.69) is 14.3 Å². The lowest BCUT2D eigenvalue weighted by atomic mass is 10.2. The summed E-state index contributed by atoms with van der Waals surface area (Å²) in [6.45, 7) is 8.39. The van der Waals surface area contributed by atoms with Gasteiger partial charge in [-0.1, -0.05) is 17.7 Å². The number of imidazole rings is 1. The van der Waals surface area contributed by atoms with Crippen LogP contribution in [0.15, 0.2) is 42.7 Å². The van der Waals surface area contributed by atoms with Gasteiger partial charge in [-0.15, -0.1) is 0 Å². The number of carbonyl (C=O) groups excluding carboxylic acids is 1. The summed E-state index contributed by atoms with van der Waals surface area (Å²) in [6.07, 6.45) is 3.33. The summed E-state index contributed by atoms with van der Waals surface area (Å²) in [5.74, 6) is 0. The number of ether oxygens (including phenoxy) is 2. The summed E-state index contributed by atoms with van der Waals surface area (Å²) in [5.41, 5.74) is 2.91. The topological polar surface area (TPSA) is 72.2 Å². The summed E-state index contributed by atoms with van der Waals surface area (Å²) < 4.78 is 13.4. The third-order valence-corrected chi connectivity index (χ3v) is 5.62. The van der Waals surface area contributed by atoms with Crippen molar-refractivity contribution < 1.29 is 14.3 Å². The van der Waals surface area contributed by atoms with Crippen LogP contribution in [0.1, 0.15) is 26.5 Å². The molecule has 1 aliphatic heterocycles. The molecular weight excluding hydrogens is 442 g/mol. The number of pyridine rings is 2. The highest BCUT2D eigenvalue weighted by Crippen LogP contribution is 2.25. The van der Waals surface area contributed by atoms with E-state index in [-0.39, 0.29) is 12.1 Å². The Hall–Kier alpha value is -2.68. The predicted octanol–water partition coefficient (Wildman–Crippen LogP) is 4.12. The lowest BCUT2D eigenvalue weighted by molar-refractivity contribution is -0.0384. The molecule has 8 nitrogen and oxygen atoms in total. The molecule has 0 bridgehead atoms. The highest BCUT2D eigenvalue weighted by atomic mass is 35.5. The molecule has 4 rings (SSSR count). The average Bonchev–Trinajstić information content (AvgIpc) is 3.12. The molecule has 0 N–H and O–H groups in total. The van der Waals surface area contributed by atoms with E-state index in [0.29, 0.717) is 37.9 Å². The van der Waals surface area contributed by atoms with E-state index in [4.69, 9.17) is 26.1 Å². The molecule has 1 saturated heterocycles. The second kappa shape index (κ2) is 9.67. The van der Waals surface area contributed by atoms with Gasteiger partial charge in [-0.3, -0.25) is 14.8 Å². The first-order valence-electron chi connectivity index (χ1n) is 11.0. The van der Waals surface area contributed by atoms with Crippen LogP contribution in [-0.4, -0.2) is 75.3 Å². The Balaban J connectivity index is 1.56. The minimum absolute atomic E-state index is 0.102. The van der Waals surface area contributed by atoms with Crippen molar-refractivity contribution in [2.75, 3.05) is 33.4 Å². The van der Waals surface area contributed by atoms with Crippen LogP contribution in [0.2, 0.25) is 5.02 Å². The second-order valence-electron chi connectivity index (χ2n) is 9.30. The van der Waals surface area contributed by atoms with Crippen LogP contribution in [0.5, 0.6) is 0 Å². The van der Waals surface area contributed by atoms with E-state index in [9.17, 15) is 4.79 Å². The molecule has 0 aromatic carbocycles. The van der Waals surface area contributed by atoms with Crippen molar-refractivity contribution in [3.05, 3.63) is 53.4 Å². The second-order valence-corrected chi connectivity index (χ2v) is 9.73. The van der Waals surface area contributed by atoms with Gasteiger partial charge >= 0.3 is 6.09 Å². The van der Waals surface area contributed by atoms with Crippen LogP contribution in [-0.2, 0) is 16.0 Å². The molecule has 1 unspecified atom stereocenters. The molecule has 1 amide bonds. The first kappa shape index (κ1) is 23.5.